The average molecular weight is 213 g/mol. The zero-order valence-electron chi connectivity index (χ0n) is 5.79. The van der Waals surface area contributed by atoms with E-state index in [-0.39, 0.29) is 0 Å². The first kappa shape index (κ1) is 8.27. The number of benzene rings is 1. The molecule has 0 heterocycles. The first-order valence-electron chi connectivity index (χ1n) is 3.14. The van der Waals surface area contributed by atoms with Gasteiger partial charge in [0.1, 0.15) is 6.21 Å². The molecular weight excluding hydrogens is 206 g/mol. The van der Waals surface area contributed by atoms with E-state index in [2.05, 4.69) is 27.3 Å². The molecule has 1 aromatic carbocycles. The van der Waals surface area contributed by atoms with Crippen molar-refractivity contribution in [1.29, 1.82) is 0 Å². The Bertz CT molecular complexity index is 243. The SMILES string of the molecule is ON=[C]Cc1ccc(Br)cc1. The Morgan fingerprint density at radius 1 is 1.36 bits per heavy atom. The largest absolute Gasteiger partial charge is 0.411 e. The van der Waals surface area contributed by atoms with Crippen LogP contribution in [0.4, 0.5) is 0 Å². The summed E-state index contributed by atoms with van der Waals surface area (Å²) in [5.74, 6) is 0. The number of halogens is 1. The molecule has 0 saturated carbocycles. The van der Waals surface area contributed by atoms with Crippen molar-refractivity contribution in [2.75, 3.05) is 0 Å². The van der Waals surface area contributed by atoms with Crippen LogP contribution >= 0.6 is 15.9 Å². The highest BCUT2D eigenvalue weighted by molar-refractivity contribution is 9.10. The summed E-state index contributed by atoms with van der Waals surface area (Å²) in [6.45, 7) is 0. The van der Waals surface area contributed by atoms with E-state index in [9.17, 15) is 0 Å². The lowest BCUT2D eigenvalue weighted by atomic mass is 10.2. The van der Waals surface area contributed by atoms with Crippen molar-refractivity contribution in [3.63, 3.8) is 0 Å². The minimum atomic E-state index is 0.545. The molecule has 3 heteroatoms. The fourth-order valence-corrected chi connectivity index (χ4v) is 0.993. The summed E-state index contributed by atoms with van der Waals surface area (Å²) in [5.41, 5.74) is 1.08. The van der Waals surface area contributed by atoms with Crippen LogP contribution < -0.4 is 0 Å². The molecule has 0 aliphatic carbocycles. The molecule has 1 radical (unpaired) electrons. The van der Waals surface area contributed by atoms with E-state index in [4.69, 9.17) is 5.21 Å². The average Bonchev–Trinajstić information content (AvgIpc) is 2.04. The van der Waals surface area contributed by atoms with E-state index < -0.39 is 0 Å². The van der Waals surface area contributed by atoms with Crippen LogP contribution in [0.5, 0.6) is 0 Å². The lowest BCUT2D eigenvalue weighted by Crippen LogP contribution is -1.84. The van der Waals surface area contributed by atoms with Crippen molar-refractivity contribution < 1.29 is 5.21 Å². The van der Waals surface area contributed by atoms with Crippen LogP contribution in [0.15, 0.2) is 33.9 Å². The molecule has 0 aliphatic rings. The van der Waals surface area contributed by atoms with Crippen LogP contribution in [-0.4, -0.2) is 11.4 Å². The Labute approximate surface area is 73.7 Å². The highest BCUT2D eigenvalue weighted by Gasteiger charge is 1.89. The Hall–Kier alpha value is -0.830. The second kappa shape index (κ2) is 4.13. The van der Waals surface area contributed by atoms with Gasteiger partial charge in [0.05, 0.1) is 0 Å². The number of nitrogens with zero attached hydrogens (tertiary/aromatic N) is 1. The lowest BCUT2D eigenvalue weighted by Gasteiger charge is -1.93. The van der Waals surface area contributed by atoms with E-state index in [1.165, 1.54) is 0 Å². The highest BCUT2D eigenvalue weighted by Crippen LogP contribution is 2.10. The molecule has 57 valence electrons. The second-order valence-electron chi connectivity index (χ2n) is 2.06. The minimum Gasteiger partial charge on any atom is -0.411 e. The molecule has 1 rings (SSSR count). The summed E-state index contributed by atoms with van der Waals surface area (Å²) >= 11 is 3.32. The van der Waals surface area contributed by atoms with E-state index in [1.54, 1.807) is 0 Å². The molecule has 0 atom stereocenters. The lowest BCUT2D eigenvalue weighted by molar-refractivity contribution is 0.321. The fourth-order valence-electron chi connectivity index (χ4n) is 0.729. The van der Waals surface area contributed by atoms with Crippen molar-refractivity contribution in [3.8, 4) is 0 Å². The topological polar surface area (TPSA) is 32.6 Å². The molecule has 0 amide bonds. The van der Waals surface area contributed by atoms with Crippen LogP contribution in [0.2, 0.25) is 0 Å². The van der Waals surface area contributed by atoms with Gasteiger partial charge in [0.25, 0.3) is 0 Å². The normalized spacial score (nSPS) is 10.6. The molecule has 0 saturated heterocycles. The summed E-state index contributed by atoms with van der Waals surface area (Å²) in [6, 6.07) is 7.77. The van der Waals surface area contributed by atoms with Crippen LogP contribution in [0.25, 0.3) is 0 Å². The summed E-state index contributed by atoms with van der Waals surface area (Å²) in [7, 11) is 0. The van der Waals surface area contributed by atoms with E-state index in [1.807, 2.05) is 24.3 Å². The highest BCUT2D eigenvalue weighted by atomic mass is 79.9. The summed E-state index contributed by atoms with van der Waals surface area (Å²) in [4.78, 5) is 0. The van der Waals surface area contributed by atoms with E-state index in [0.717, 1.165) is 10.0 Å². The maximum atomic E-state index is 8.09. The van der Waals surface area contributed by atoms with Gasteiger partial charge in [0.15, 0.2) is 0 Å². The van der Waals surface area contributed by atoms with Crippen molar-refractivity contribution in [2.24, 2.45) is 5.16 Å². The smallest absolute Gasteiger partial charge is 0.109 e. The predicted molar refractivity (Wildman–Crippen MR) is 47.1 cm³/mol. The molecule has 0 unspecified atom stereocenters. The van der Waals surface area contributed by atoms with Crippen LogP contribution in [0, 0.1) is 0 Å². The summed E-state index contributed by atoms with van der Waals surface area (Å²) in [6.07, 6.45) is 2.99. The Morgan fingerprint density at radius 2 is 2.00 bits per heavy atom. The molecule has 0 aliphatic heterocycles. The van der Waals surface area contributed by atoms with Crippen molar-refractivity contribution in [1.82, 2.24) is 0 Å². The van der Waals surface area contributed by atoms with Gasteiger partial charge in [0.2, 0.25) is 0 Å². The van der Waals surface area contributed by atoms with Crippen LogP contribution in [-0.2, 0) is 6.42 Å². The number of hydrogen-bond acceptors (Lipinski definition) is 2. The van der Waals surface area contributed by atoms with Gasteiger partial charge in [-0.05, 0) is 17.7 Å². The zero-order valence-corrected chi connectivity index (χ0v) is 7.37. The molecule has 0 bridgehead atoms. The van der Waals surface area contributed by atoms with Crippen molar-refractivity contribution in [3.05, 3.63) is 34.3 Å². The molecule has 0 fully saturated rings. The molecule has 0 spiro atoms. The van der Waals surface area contributed by atoms with Crippen molar-refractivity contribution >= 4 is 22.1 Å². The van der Waals surface area contributed by atoms with Gasteiger partial charge < -0.3 is 5.21 Å². The molecule has 11 heavy (non-hydrogen) atoms. The maximum Gasteiger partial charge on any atom is 0.109 e. The molecule has 0 aromatic heterocycles. The van der Waals surface area contributed by atoms with E-state index >= 15 is 0 Å². The second-order valence-corrected chi connectivity index (χ2v) is 2.98. The molecule has 1 N–H and O–H groups in total. The monoisotopic (exact) mass is 212 g/mol. The summed E-state index contributed by atoms with van der Waals surface area (Å²) in [5, 5.41) is 10.9. The van der Waals surface area contributed by atoms with Gasteiger partial charge in [-0.25, -0.2) is 0 Å². The maximum absolute atomic E-state index is 8.09. The van der Waals surface area contributed by atoms with Crippen LogP contribution in [0.3, 0.4) is 0 Å². The number of hydrogen-bond donors (Lipinski definition) is 1. The third-order valence-corrected chi connectivity index (χ3v) is 1.80. The van der Waals surface area contributed by atoms with Gasteiger partial charge in [-0.2, -0.15) is 0 Å². The quantitative estimate of drug-likeness (QED) is 0.456. The zero-order chi connectivity index (χ0) is 8.10. The number of rotatable bonds is 2. The molecule has 1 aromatic rings. The fraction of sp³-hybridized carbons (Fsp3) is 0.125. The van der Waals surface area contributed by atoms with E-state index in [0.29, 0.717) is 6.42 Å². The third-order valence-electron chi connectivity index (χ3n) is 1.27. The third kappa shape index (κ3) is 2.72. The summed E-state index contributed by atoms with van der Waals surface area (Å²) < 4.78 is 1.04. The van der Waals surface area contributed by atoms with Crippen molar-refractivity contribution in [2.45, 2.75) is 6.42 Å². The molecule has 2 nitrogen and oxygen atoms in total. The van der Waals surface area contributed by atoms with Gasteiger partial charge in [0, 0.05) is 10.9 Å². The first-order chi connectivity index (χ1) is 5.33. The van der Waals surface area contributed by atoms with Gasteiger partial charge in [-0.3, -0.25) is 0 Å². The minimum absolute atomic E-state index is 0.545. The van der Waals surface area contributed by atoms with Gasteiger partial charge >= 0.3 is 0 Å². The Balaban J connectivity index is 2.66. The van der Waals surface area contributed by atoms with Gasteiger partial charge in [-0.15, -0.1) is 0 Å². The predicted octanol–water partition coefficient (Wildman–Crippen LogP) is 2.33. The van der Waals surface area contributed by atoms with Crippen LogP contribution in [0.1, 0.15) is 5.56 Å². The molecular formula is C8H7BrNO. The Kier molecular flexibility index (Phi) is 3.11. The van der Waals surface area contributed by atoms with Gasteiger partial charge in [-0.1, -0.05) is 33.2 Å². The first-order valence-corrected chi connectivity index (χ1v) is 3.93. The standard InChI is InChI=1S/C8H7BrNO/c9-8-3-1-7(2-4-8)5-6-10-11/h1-4,11H,5H2. The Morgan fingerprint density at radius 3 is 2.55 bits per heavy atom.